The van der Waals surface area contributed by atoms with E-state index in [2.05, 4.69) is 9.87 Å². The lowest BCUT2D eigenvalue weighted by molar-refractivity contribution is -0.234. The Hall–Kier alpha value is -1.36. The molecule has 0 amide bonds. The average Bonchev–Trinajstić information content (AvgIpc) is 2.86. The predicted molar refractivity (Wildman–Crippen MR) is 59.4 cm³/mol. The van der Waals surface area contributed by atoms with Crippen molar-refractivity contribution in [2.24, 2.45) is 0 Å². The quantitative estimate of drug-likeness (QED) is 0.646. The Labute approximate surface area is 99.7 Å². The molecule has 1 aromatic rings. The van der Waals surface area contributed by atoms with Gasteiger partial charge in [0.2, 0.25) is 0 Å². The fraction of sp³-hybridized carbons (Fsp3) is 0.667. The topological polar surface area (TPSA) is 72.6 Å². The maximum Gasteiger partial charge on any atom is 0.342 e. The largest absolute Gasteiger partial charge is 0.445 e. The molecule has 0 aromatic carbocycles. The van der Waals surface area contributed by atoms with Crippen molar-refractivity contribution >= 4 is 5.97 Å². The molecule has 0 saturated heterocycles. The van der Waals surface area contributed by atoms with Crippen LogP contribution in [0.3, 0.4) is 0 Å². The first-order chi connectivity index (χ1) is 8.29. The van der Waals surface area contributed by atoms with Gasteiger partial charge in [-0.15, -0.1) is 0 Å². The minimum Gasteiger partial charge on any atom is -0.445 e. The molecule has 1 aliphatic carbocycles. The summed E-state index contributed by atoms with van der Waals surface area (Å²) in [6.45, 7) is 0. The van der Waals surface area contributed by atoms with Crippen molar-refractivity contribution in [3.63, 3.8) is 0 Å². The van der Waals surface area contributed by atoms with E-state index in [-0.39, 0.29) is 6.42 Å². The summed E-state index contributed by atoms with van der Waals surface area (Å²) in [4.78, 5) is 18.5. The van der Waals surface area contributed by atoms with Gasteiger partial charge >= 0.3 is 5.97 Å². The molecule has 5 heteroatoms. The van der Waals surface area contributed by atoms with E-state index in [1.807, 2.05) is 0 Å². The van der Waals surface area contributed by atoms with Crippen molar-refractivity contribution in [1.82, 2.24) is 4.98 Å². The van der Waals surface area contributed by atoms with Crippen LogP contribution in [0.5, 0.6) is 0 Å². The van der Waals surface area contributed by atoms with Gasteiger partial charge in [0.15, 0.2) is 5.89 Å². The molecular formula is C12H17NO4. The van der Waals surface area contributed by atoms with E-state index in [0.717, 1.165) is 18.6 Å². The molecule has 1 fully saturated rings. The normalized spacial score (nSPS) is 17.0. The number of aryl methyl sites for hydroxylation is 1. The molecule has 1 N–H and O–H groups in total. The van der Waals surface area contributed by atoms with E-state index in [1.165, 1.54) is 19.3 Å². The number of carbonyl (C=O) groups is 1. The number of hydrogen-bond donors (Lipinski definition) is 1. The first kappa shape index (κ1) is 12.1. The molecule has 1 aliphatic rings. The number of nitrogens with zero attached hydrogens (tertiary/aromatic N) is 1. The van der Waals surface area contributed by atoms with Crippen LogP contribution in [0.25, 0.3) is 0 Å². The number of carbonyl (C=O) groups excluding carboxylic acids is 1. The average molecular weight is 239 g/mol. The van der Waals surface area contributed by atoms with E-state index >= 15 is 0 Å². The molecule has 0 unspecified atom stereocenters. The molecule has 0 aliphatic heterocycles. The second kappa shape index (κ2) is 5.82. The molecule has 0 bridgehead atoms. The van der Waals surface area contributed by atoms with Gasteiger partial charge in [0.05, 0.1) is 12.6 Å². The zero-order valence-corrected chi connectivity index (χ0v) is 9.72. The van der Waals surface area contributed by atoms with Crippen LogP contribution in [0.2, 0.25) is 0 Å². The number of oxazole rings is 1. The van der Waals surface area contributed by atoms with E-state index in [0.29, 0.717) is 18.2 Å². The van der Waals surface area contributed by atoms with Gasteiger partial charge in [0, 0.05) is 12.3 Å². The van der Waals surface area contributed by atoms with Crippen LogP contribution >= 0.6 is 0 Å². The van der Waals surface area contributed by atoms with Crippen molar-refractivity contribution in [2.45, 2.75) is 50.9 Å². The van der Waals surface area contributed by atoms with E-state index < -0.39 is 5.97 Å². The van der Waals surface area contributed by atoms with Crippen LogP contribution in [0.4, 0.5) is 0 Å². The Balaban J connectivity index is 1.88. The third-order valence-corrected chi connectivity index (χ3v) is 3.22. The summed E-state index contributed by atoms with van der Waals surface area (Å²) in [5.41, 5.74) is 0. The summed E-state index contributed by atoms with van der Waals surface area (Å²) in [6, 6.07) is 0. The van der Waals surface area contributed by atoms with E-state index in [4.69, 9.17) is 9.67 Å². The van der Waals surface area contributed by atoms with Crippen molar-refractivity contribution < 1.29 is 19.4 Å². The highest BCUT2D eigenvalue weighted by molar-refractivity contribution is 5.68. The van der Waals surface area contributed by atoms with Gasteiger partial charge in [-0.1, -0.05) is 19.3 Å². The van der Waals surface area contributed by atoms with Gasteiger partial charge in [0.25, 0.3) is 0 Å². The molecular weight excluding hydrogens is 222 g/mol. The number of aromatic nitrogens is 1. The van der Waals surface area contributed by atoms with E-state index in [9.17, 15) is 4.79 Å². The molecule has 0 radical (unpaired) electrons. The molecule has 94 valence electrons. The molecule has 0 spiro atoms. The Bertz CT molecular complexity index is 368. The summed E-state index contributed by atoms with van der Waals surface area (Å²) in [7, 11) is 0. The van der Waals surface area contributed by atoms with Gasteiger partial charge in [-0.2, -0.15) is 5.26 Å². The summed E-state index contributed by atoms with van der Waals surface area (Å²) in [5, 5.41) is 8.12. The first-order valence-corrected chi connectivity index (χ1v) is 6.08. The molecule has 17 heavy (non-hydrogen) atoms. The molecule has 5 nitrogen and oxygen atoms in total. The second-order valence-corrected chi connectivity index (χ2v) is 4.45. The minimum atomic E-state index is -0.664. The number of hydrogen-bond acceptors (Lipinski definition) is 5. The van der Waals surface area contributed by atoms with Crippen LogP contribution in [-0.4, -0.2) is 16.2 Å². The lowest BCUT2D eigenvalue weighted by atomic mass is 9.88. The van der Waals surface area contributed by atoms with Crippen LogP contribution < -0.4 is 0 Å². The maximum absolute atomic E-state index is 10.8. The van der Waals surface area contributed by atoms with Gasteiger partial charge in [-0.3, -0.25) is 0 Å². The van der Waals surface area contributed by atoms with Crippen molar-refractivity contribution in [3.8, 4) is 0 Å². The lowest BCUT2D eigenvalue weighted by Crippen LogP contribution is -2.03. The fourth-order valence-electron chi connectivity index (χ4n) is 2.27. The monoisotopic (exact) mass is 239 g/mol. The van der Waals surface area contributed by atoms with Gasteiger partial charge < -0.3 is 9.30 Å². The number of rotatable bonds is 4. The predicted octanol–water partition coefficient (Wildman–Crippen LogP) is 2.67. The van der Waals surface area contributed by atoms with Gasteiger partial charge in [-0.05, 0) is 12.8 Å². The van der Waals surface area contributed by atoms with Crippen molar-refractivity contribution in [1.29, 1.82) is 0 Å². The fourth-order valence-corrected chi connectivity index (χ4v) is 2.27. The Morgan fingerprint density at radius 2 is 2.24 bits per heavy atom. The Morgan fingerprint density at radius 3 is 2.94 bits per heavy atom. The summed E-state index contributed by atoms with van der Waals surface area (Å²) in [6.07, 6.45) is 8.33. The molecule has 0 atom stereocenters. The molecule has 1 aromatic heterocycles. The summed E-state index contributed by atoms with van der Waals surface area (Å²) < 4.78 is 5.62. The Morgan fingerprint density at radius 1 is 1.47 bits per heavy atom. The summed E-state index contributed by atoms with van der Waals surface area (Å²) >= 11 is 0. The van der Waals surface area contributed by atoms with Crippen molar-refractivity contribution in [3.05, 3.63) is 17.8 Å². The van der Waals surface area contributed by atoms with Crippen LogP contribution in [-0.2, 0) is 16.1 Å². The molecule has 1 heterocycles. The zero-order valence-electron chi connectivity index (χ0n) is 9.72. The Kier molecular flexibility index (Phi) is 4.14. The third kappa shape index (κ3) is 3.30. The third-order valence-electron chi connectivity index (χ3n) is 3.22. The lowest BCUT2D eigenvalue weighted by Gasteiger charge is -2.18. The van der Waals surface area contributed by atoms with Gasteiger partial charge in [0.1, 0.15) is 5.76 Å². The molecule has 2 rings (SSSR count). The van der Waals surface area contributed by atoms with Crippen LogP contribution in [0.15, 0.2) is 10.6 Å². The summed E-state index contributed by atoms with van der Waals surface area (Å²) in [5.74, 6) is 1.28. The minimum absolute atomic E-state index is 0.0844. The highest BCUT2D eigenvalue weighted by Crippen LogP contribution is 2.32. The highest BCUT2D eigenvalue weighted by Gasteiger charge is 2.19. The first-order valence-electron chi connectivity index (χ1n) is 6.08. The standard InChI is InChI=1S/C12H17NO4/c14-12(17-15)7-6-11-13-8-10(16-11)9-4-2-1-3-5-9/h8-9,15H,1-7H2. The van der Waals surface area contributed by atoms with Crippen molar-refractivity contribution in [2.75, 3.05) is 0 Å². The van der Waals surface area contributed by atoms with Crippen LogP contribution in [0.1, 0.15) is 56.1 Å². The smallest absolute Gasteiger partial charge is 0.342 e. The second-order valence-electron chi connectivity index (χ2n) is 4.45. The zero-order chi connectivity index (χ0) is 12.1. The van der Waals surface area contributed by atoms with Crippen LogP contribution in [0, 0.1) is 0 Å². The maximum atomic E-state index is 10.8. The SMILES string of the molecule is O=C(CCc1ncc(C2CCCCC2)o1)OO. The van der Waals surface area contributed by atoms with E-state index in [1.54, 1.807) is 6.20 Å². The molecule has 1 saturated carbocycles. The van der Waals surface area contributed by atoms with Gasteiger partial charge in [-0.25, -0.2) is 9.78 Å². The highest BCUT2D eigenvalue weighted by atomic mass is 17.1.